The van der Waals surface area contributed by atoms with Crippen LogP contribution in [-0.2, 0) is 11.3 Å². The number of morpholine rings is 1. The summed E-state index contributed by atoms with van der Waals surface area (Å²) >= 11 is 0. The predicted molar refractivity (Wildman–Crippen MR) is 86.4 cm³/mol. The molecule has 2 fully saturated rings. The number of hydrogen-bond donors (Lipinski definition) is 1. The molecule has 2 aliphatic rings. The lowest BCUT2D eigenvalue weighted by molar-refractivity contribution is -0.0107. The van der Waals surface area contributed by atoms with Gasteiger partial charge in [-0.2, -0.15) is 0 Å². The molecule has 1 saturated carbocycles. The molecule has 23 heavy (non-hydrogen) atoms. The highest BCUT2D eigenvalue weighted by Gasteiger charge is 2.30. The topological polar surface area (TPSA) is 76.3 Å². The summed E-state index contributed by atoms with van der Waals surface area (Å²) < 4.78 is 7.39. The van der Waals surface area contributed by atoms with Gasteiger partial charge in [0.15, 0.2) is 17.0 Å². The van der Waals surface area contributed by atoms with E-state index in [0.717, 1.165) is 55.8 Å². The van der Waals surface area contributed by atoms with Gasteiger partial charge >= 0.3 is 0 Å². The molecule has 2 aromatic heterocycles. The van der Waals surface area contributed by atoms with Crippen molar-refractivity contribution in [1.82, 2.24) is 19.5 Å². The molecule has 1 saturated heterocycles. The second-order valence-electron chi connectivity index (χ2n) is 6.63. The van der Waals surface area contributed by atoms with E-state index in [-0.39, 0.29) is 0 Å². The van der Waals surface area contributed by atoms with Crippen molar-refractivity contribution in [2.75, 3.05) is 31.2 Å². The van der Waals surface area contributed by atoms with Crippen LogP contribution in [0.3, 0.4) is 0 Å². The van der Waals surface area contributed by atoms with E-state index in [1.165, 1.54) is 6.42 Å². The Kier molecular flexibility index (Phi) is 3.90. The van der Waals surface area contributed by atoms with Crippen LogP contribution >= 0.6 is 0 Å². The van der Waals surface area contributed by atoms with Crippen LogP contribution in [0.25, 0.3) is 11.2 Å². The highest BCUT2D eigenvalue weighted by atomic mass is 16.5. The van der Waals surface area contributed by atoms with Gasteiger partial charge in [-0.1, -0.05) is 19.3 Å². The Balaban J connectivity index is 1.64. The molecule has 7 nitrogen and oxygen atoms in total. The van der Waals surface area contributed by atoms with Gasteiger partial charge in [0.25, 0.3) is 0 Å². The molecule has 3 heterocycles. The highest BCUT2D eigenvalue weighted by Crippen LogP contribution is 2.31. The Labute approximate surface area is 135 Å². The second kappa shape index (κ2) is 6.05. The fourth-order valence-electron chi connectivity index (χ4n) is 3.68. The molecule has 1 N–H and O–H groups in total. The number of ether oxygens (including phenoxy) is 1. The van der Waals surface area contributed by atoms with Gasteiger partial charge in [0.05, 0.1) is 31.7 Å². The fraction of sp³-hybridized carbons (Fsp3) is 0.688. The average Bonchev–Trinajstić information content (AvgIpc) is 2.99. The van der Waals surface area contributed by atoms with Crippen molar-refractivity contribution in [3.8, 4) is 0 Å². The van der Waals surface area contributed by atoms with Crippen LogP contribution in [0.2, 0.25) is 0 Å². The van der Waals surface area contributed by atoms with E-state index in [1.54, 1.807) is 12.7 Å². The van der Waals surface area contributed by atoms with E-state index < -0.39 is 5.60 Å². The molecule has 1 aliphatic heterocycles. The Morgan fingerprint density at radius 1 is 1.09 bits per heavy atom. The first-order chi connectivity index (χ1) is 11.3. The smallest absolute Gasteiger partial charge is 0.165 e. The van der Waals surface area contributed by atoms with Gasteiger partial charge in [0.2, 0.25) is 0 Å². The standard InChI is InChI=1S/C16H23N5O2/c22-16(4-2-1-3-5-16)10-21-12-19-13-14(17-11-18-15(13)21)20-6-8-23-9-7-20/h11-12,22H,1-10H2. The zero-order valence-electron chi connectivity index (χ0n) is 13.3. The lowest BCUT2D eigenvalue weighted by atomic mass is 9.85. The molecular weight excluding hydrogens is 294 g/mol. The van der Waals surface area contributed by atoms with Gasteiger partial charge in [-0.25, -0.2) is 15.0 Å². The van der Waals surface area contributed by atoms with Gasteiger partial charge in [-0.05, 0) is 12.8 Å². The lowest BCUT2D eigenvalue weighted by Gasteiger charge is -2.32. The molecule has 1 aliphatic carbocycles. The van der Waals surface area contributed by atoms with Crippen molar-refractivity contribution in [2.45, 2.75) is 44.2 Å². The Morgan fingerprint density at radius 2 is 1.87 bits per heavy atom. The van der Waals surface area contributed by atoms with Crippen molar-refractivity contribution in [1.29, 1.82) is 0 Å². The van der Waals surface area contributed by atoms with E-state index in [9.17, 15) is 5.11 Å². The number of hydrogen-bond acceptors (Lipinski definition) is 6. The third-order valence-corrected chi connectivity index (χ3v) is 4.94. The summed E-state index contributed by atoms with van der Waals surface area (Å²) in [6.45, 7) is 3.63. The van der Waals surface area contributed by atoms with Crippen molar-refractivity contribution in [3.05, 3.63) is 12.7 Å². The normalized spacial score (nSPS) is 21.7. The van der Waals surface area contributed by atoms with Crippen LogP contribution in [0.1, 0.15) is 32.1 Å². The molecular formula is C16H23N5O2. The largest absolute Gasteiger partial charge is 0.388 e. The summed E-state index contributed by atoms with van der Waals surface area (Å²) in [5.41, 5.74) is 0.991. The molecule has 124 valence electrons. The summed E-state index contributed by atoms with van der Waals surface area (Å²) in [4.78, 5) is 15.6. The predicted octanol–water partition coefficient (Wildman–Crippen LogP) is 1.36. The van der Waals surface area contributed by atoms with E-state index in [2.05, 4.69) is 19.9 Å². The van der Waals surface area contributed by atoms with E-state index in [4.69, 9.17) is 4.74 Å². The summed E-state index contributed by atoms with van der Waals surface area (Å²) in [5, 5.41) is 10.8. The number of aliphatic hydroxyl groups is 1. The molecule has 7 heteroatoms. The molecule has 4 rings (SSSR count). The number of anilines is 1. The molecule has 0 unspecified atom stereocenters. The minimum atomic E-state index is -0.629. The van der Waals surface area contributed by atoms with Crippen LogP contribution in [0.4, 0.5) is 5.82 Å². The summed E-state index contributed by atoms with van der Waals surface area (Å²) in [7, 11) is 0. The van der Waals surface area contributed by atoms with Crippen LogP contribution in [-0.4, -0.2) is 56.5 Å². The molecule has 2 aromatic rings. The minimum absolute atomic E-state index is 0.559. The SMILES string of the molecule is OC1(Cn2cnc3c(N4CCOCC4)ncnc32)CCCCC1. The number of imidazole rings is 1. The van der Waals surface area contributed by atoms with Gasteiger partial charge in [-0.3, -0.25) is 0 Å². The van der Waals surface area contributed by atoms with Crippen LogP contribution < -0.4 is 4.90 Å². The van der Waals surface area contributed by atoms with Crippen molar-refractivity contribution < 1.29 is 9.84 Å². The third-order valence-electron chi connectivity index (χ3n) is 4.94. The zero-order chi connectivity index (χ0) is 15.7. The van der Waals surface area contributed by atoms with Crippen molar-refractivity contribution >= 4 is 17.0 Å². The van der Waals surface area contributed by atoms with Crippen LogP contribution in [0, 0.1) is 0 Å². The summed E-state index contributed by atoms with van der Waals surface area (Å²) in [5.74, 6) is 0.868. The van der Waals surface area contributed by atoms with Crippen LogP contribution in [0.5, 0.6) is 0 Å². The maximum absolute atomic E-state index is 10.8. The summed E-state index contributed by atoms with van der Waals surface area (Å²) in [6, 6.07) is 0. The summed E-state index contributed by atoms with van der Waals surface area (Å²) in [6.07, 6.45) is 8.50. The number of aromatic nitrogens is 4. The van der Waals surface area contributed by atoms with Gasteiger partial charge < -0.3 is 19.3 Å². The molecule has 0 atom stereocenters. The quantitative estimate of drug-likeness (QED) is 0.921. The Morgan fingerprint density at radius 3 is 2.65 bits per heavy atom. The van der Waals surface area contributed by atoms with Gasteiger partial charge in [0, 0.05) is 13.1 Å². The van der Waals surface area contributed by atoms with Gasteiger partial charge in [-0.15, -0.1) is 0 Å². The Bertz CT molecular complexity index is 674. The van der Waals surface area contributed by atoms with Crippen molar-refractivity contribution in [2.24, 2.45) is 0 Å². The minimum Gasteiger partial charge on any atom is -0.388 e. The van der Waals surface area contributed by atoms with Gasteiger partial charge in [0.1, 0.15) is 6.33 Å². The first-order valence-electron chi connectivity index (χ1n) is 8.46. The van der Waals surface area contributed by atoms with Crippen molar-refractivity contribution in [3.63, 3.8) is 0 Å². The molecule has 0 bridgehead atoms. The molecule has 0 spiro atoms. The van der Waals surface area contributed by atoms with E-state index in [1.807, 2.05) is 4.57 Å². The zero-order valence-corrected chi connectivity index (χ0v) is 13.3. The van der Waals surface area contributed by atoms with Crippen LogP contribution in [0.15, 0.2) is 12.7 Å². The fourth-order valence-corrected chi connectivity index (χ4v) is 3.68. The molecule has 0 radical (unpaired) electrons. The first-order valence-corrected chi connectivity index (χ1v) is 8.46. The van der Waals surface area contributed by atoms with E-state index >= 15 is 0 Å². The lowest BCUT2D eigenvalue weighted by Crippen LogP contribution is -2.37. The first kappa shape index (κ1) is 14.8. The average molecular weight is 317 g/mol. The highest BCUT2D eigenvalue weighted by molar-refractivity contribution is 5.83. The maximum Gasteiger partial charge on any atom is 0.165 e. The molecule has 0 aromatic carbocycles. The second-order valence-corrected chi connectivity index (χ2v) is 6.63. The monoisotopic (exact) mass is 317 g/mol. The Hall–Kier alpha value is -1.73. The van der Waals surface area contributed by atoms with E-state index in [0.29, 0.717) is 19.8 Å². The number of fused-ring (bicyclic) bond motifs is 1. The number of nitrogens with zero attached hydrogens (tertiary/aromatic N) is 5. The molecule has 0 amide bonds. The third kappa shape index (κ3) is 2.90. The maximum atomic E-state index is 10.8. The number of rotatable bonds is 3.